The fourth-order valence-corrected chi connectivity index (χ4v) is 3.03. The van der Waals surface area contributed by atoms with Gasteiger partial charge in [0, 0.05) is 0 Å². The van der Waals surface area contributed by atoms with Crippen LogP contribution in [0.1, 0.15) is 31.2 Å². The van der Waals surface area contributed by atoms with Gasteiger partial charge in [-0.25, -0.2) is 4.72 Å². The fraction of sp³-hybridized carbons (Fsp3) is 0.417. The summed E-state index contributed by atoms with van der Waals surface area (Å²) in [5, 5.41) is 0. The molecular formula is C12H15NO4S. The summed E-state index contributed by atoms with van der Waals surface area (Å²) in [4.78, 5) is 12.1. The second-order valence-corrected chi connectivity index (χ2v) is 5.72. The van der Waals surface area contributed by atoms with Crippen molar-refractivity contribution in [3.63, 3.8) is 0 Å². The lowest BCUT2D eigenvalue weighted by atomic mass is 9.78. The number of carbonyl (C=O) groups excluding carboxylic acids is 1. The van der Waals surface area contributed by atoms with Crippen molar-refractivity contribution in [3.8, 4) is 0 Å². The molecule has 1 aliphatic rings. The monoisotopic (exact) mass is 269 g/mol. The Kier molecular flexibility index (Phi) is 3.41. The molecule has 0 unspecified atom stereocenters. The molecule has 0 heterocycles. The Balaban J connectivity index is 2.37. The van der Waals surface area contributed by atoms with Crippen molar-refractivity contribution < 1.29 is 17.8 Å². The minimum absolute atomic E-state index is 0.596. The summed E-state index contributed by atoms with van der Waals surface area (Å²) in [6.07, 6.45) is 2.93. The Labute approximate surface area is 106 Å². The van der Waals surface area contributed by atoms with E-state index in [1.807, 2.05) is 30.3 Å². The predicted molar refractivity (Wildman–Crippen MR) is 66.3 cm³/mol. The minimum atomic E-state index is -4.51. The van der Waals surface area contributed by atoms with Crippen LogP contribution in [0, 0.1) is 0 Å². The van der Waals surface area contributed by atoms with Gasteiger partial charge in [0.25, 0.3) is 0 Å². The zero-order chi connectivity index (χ0) is 13.2. The minimum Gasteiger partial charge on any atom is -0.273 e. The van der Waals surface area contributed by atoms with Gasteiger partial charge in [-0.2, -0.15) is 8.42 Å². The van der Waals surface area contributed by atoms with Gasteiger partial charge >= 0.3 is 10.3 Å². The third kappa shape index (κ3) is 2.54. The van der Waals surface area contributed by atoms with Gasteiger partial charge in [-0.3, -0.25) is 9.35 Å². The van der Waals surface area contributed by atoms with Gasteiger partial charge < -0.3 is 0 Å². The highest BCUT2D eigenvalue weighted by molar-refractivity contribution is 7.84. The van der Waals surface area contributed by atoms with E-state index in [1.54, 1.807) is 4.72 Å². The third-order valence-electron chi connectivity index (χ3n) is 3.44. The first-order valence-electron chi connectivity index (χ1n) is 5.79. The summed E-state index contributed by atoms with van der Waals surface area (Å²) in [6, 6.07) is 9.10. The Morgan fingerprint density at radius 3 is 2.22 bits per heavy atom. The lowest BCUT2D eigenvalue weighted by Crippen LogP contribution is -2.44. The molecule has 1 amide bonds. The normalized spacial score (nSPS) is 18.5. The predicted octanol–water partition coefficient (Wildman–Crippen LogP) is 1.42. The molecule has 1 saturated carbocycles. The number of hydrogen-bond donors (Lipinski definition) is 2. The third-order valence-corrected chi connectivity index (χ3v) is 3.88. The van der Waals surface area contributed by atoms with E-state index >= 15 is 0 Å². The Morgan fingerprint density at radius 2 is 1.72 bits per heavy atom. The van der Waals surface area contributed by atoms with Crippen LogP contribution in [0.5, 0.6) is 0 Å². The van der Waals surface area contributed by atoms with E-state index in [0.717, 1.165) is 18.4 Å². The van der Waals surface area contributed by atoms with E-state index in [9.17, 15) is 13.2 Å². The Morgan fingerprint density at radius 1 is 1.17 bits per heavy atom. The summed E-state index contributed by atoms with van der Waals surface area (Å²) in [5.74, 6) is -0.645. The molecule has 0 spiro atoms. The van der Waals surface area contributed by atoms with Crippen LogP contribution in [0.3, 0.4) is 0 Å². The standard InChI is InChI=1S/C12H15NO4S/c14-11(13-18(15,16)17)12(8-4-5-9-12)10-6-2-1-3-7-10/h1-3,6-7H,4-5,8-9H2,(H,13,14)(H,15,16,17). The second-order valence-electron chi connectivity index (χ2n) is 4.56. The van der Waals surface area contributed by atoms with Crippen molar-refractivity contribution in [3.05, 3.63) is 35.9 Å². The number of rotatable bonds is 3. The van der Waals surface area contributed by atoms with E-state index in [1.165, 1.54) is 0 Å². The smallest absolute Gasteiger partial charge is 0.273 e. The number of carbonyl (C=O) groups is 1. The molecule has 0 radical (unpaired) electrons. The van der Waals surface area contributed by atoms with Crippen molar-refractivity contribution in [2.45, 2.75) is 31.1 Å². The topological polar surface area (TPSA) is 83.5 Å². The van der Waals surface area contributed by atoms with Crippen LogP contribution in [-0.4, -0.2) is 18.9 Å². The molecule has 0 aliphatic heterocycles. The van der Waals surface area contributed by atoms with Gasteiger partial charge in [-0.15, -0.1) is 0 Å². The van der Waals surface area contributed by atoms with Crippen LogP contribution in [0.25, 0.3) is 0 Å². The zero-order valence-electron chi connectivity index (χ0n) is 9.80. The number of hydrogen-bond acceptors (Lipinski definition) is 3. The number of benzene rings is 1. The molecule has 5 nitrogen and oxygen atoms in total. The van der Waals surface area contributed by atoms with Gasteiger partial charge in [0.1, 0.15) is 0 Å². The molecular weight excluding hydrogens is 254 g/mol. The molecule has 98 valence electrons. The Hall–Kier alpha value is -1.40. The maximum Gasteiger partial charge on any atom is 0.359 e. The molecule has 6 heteroatoms. The van der Waals surface area contributed by atoms with Crippen molar-refractivity contribution in [1.29, 1.82) is 0 Å². The molecule has 1 aliphatic carbocycles. The summed E-state index contributed by atoms with van der Waals surface area (Å²) in [5.41, 5.74) is -0.0412. The molecule has 0 atom stereocenters. The number of nitrogens with one attached hydrogen (secondary N) is 1. The van der Waals surface area contributed by atoms with E-state index < -0.39 is 21.6 Å². The van der Waals surface area contributed by atoms with Crippen LogP contribution in [0.15, 0.2) is 30.3 Å². The van der Waals surface area contributed by atoms with Crippen LogP contribution in [-0.2, 0) is 20.5 Å². The highest BCUT2D eigenvalue weighted by atomic mass is 32.2. The molecule has 2 N–H and O–H groups in total. The maximum atomic E-state index is 12.1. The summed E-state index contributed by atoms with van der Waals surface area (Å²) in [6.45, 7) is 0. The first kappa shape index (κ1) is 13.0. The Bertz CT molecular complexity index is 532. The highest BCUT2D eigenvalue weighted by Gasteiger charge is 2.43. The molecule has 1 aromatic rings. The SMILES string of the molecule is O=C(NS(=O)(=O)O)C1(c2ccccc2)CCCC1. The zero-order valence-corrected chi connectivity index (χ0v) is 10.6. The van der Waals surface area contributed by atoms with Gasteiger partial charge in [0.05, 0.1) is 5.41 Å². The first-order valence-corrected chi connectivity index (χ1v) is 7.23. The average molecular weight is 269 g/mol. The van der Waals surface area contributed by atoms with Gasteiger partial charge in [-0.1, -0.05) is 43.2 Å². The molecule has 18 heavy (non-hydrogen) atoms. The lowest BCUT2D eigenvalue weighted by molar-refractivity contribution is -0.124. The summed E-state index contributed by atoms with van der Waals surface area (Å²) >= 11 is 0. The highest BCUT2D eigenvalue weighted by Crippen LogP contribution is 2.41. The van der Waals surface area contributed by atoms with Crippen molar-refractivity contribution in [2.75, 3.05) is 0 Å². The maximum absolute atomic E-state index is 12.1. The average Bonchev–Trinajstić information content (AvgIpc) is 2.78. The first-order chi connectivity index (χ1) is 8.44. The van der Waals surface area contributed by atoms with Crippen molar-refractivity contribution in [1.82, 2.24) is 4.72 Å². The number of amides is 1. The van der Waals surface area contributed by atoms with Gasteiger partial charge in [0.2, 0.25) is 5.91 Å². The van der Waals surface area contributed by atoms with Crippen LogP contribution in [0.2, 0.25) is 0 Å². The lowest BCUT2D eigenvalue weighted by Gasteiger charge is -2.27. The molecule has 0 saturated heterocycles. The quantitative estimate of drug-likeness (QED) is 0.813. The van der Waals surface area contributed by atoms with E-state index in [4.69, 9.17) is 4.55 Å². The second kappa shape index (κ2) is 4.70. The van der Waals surface area contributed by atoms with Crippen LogP contribution >= 0.6 is 0 Å². The van der Waals surface area contributed by atoms with Crippen LogP contribution in [0.4, 0.5) is 0 Å². The molecule has 1 aromatic carbocycles. The van der Waals surface area contributed by atoms with Crippen LogP contribution < -0.4 is 4.72 Å². The molecule has 1 fully saturated rings. The summed E-state index contributed by atoms with van der Waals surface area (Å²) < 4.78 is 32.0. The van der Waals surface area contributed by atoms with Gasteiger partial charge in [0.15, 0.2) is 0 Å². The molecule has 0 aromatic heterocycles. The fourth-order valence-electron chi connectivity index (χ4n) is 2.60. The van der Waals surface area contributed by atoms with Gasteiger partial charge in [-0.05, 0) is 18.4 Å². The van der Waals surface area contributed by atoms with E-state index in [0.29, 0.717) is 12.8 Å². The van der Waals surface area contributed by atoms with E-state index in [2.05, 4.69) is 0 Å². The molecule has 2 rings (SSSR count). The molecule has 0 bridgehead atoms. The van der Waals surface area contributed by atoms with E-state index in [-0.39, 0.29) is 0 Å². The van der Waals surface area contributed by atoms with Crippen molar-refractivity contribution >= 4 is 16.2 Å². The van der Waals surface area contributed by atoms with Crippen molar-refractivity contribution in [2.24, 2.45) is 0 Å². The largest absolute Gasteiger partial charge is 0.359 e. The summed E-state index contributed by atoms with van der Waals surface area (Å²) in [7, 11) is -4.51.